The lowest BCUT2D eigenvalue weighted by molar-refractivity contribution is -0.130. The molecule has 156 valence electrons. The number of hydrogen-bond donors (Lipinski definition) is 1. The van der Waals surface area contributed by atoms with E-state index in [1.165, 1.54) is 11.0 Å². The van der Waals surface area contributed by atoms with Gasteiger partial charge in [0.05, 0.1) is 17.1 Å². The molecule has 0 saturated heterocycles. The number of benzene rings is 1. The molecule has 0 unspecified atom stereocenters. The predicted molar refractivity (Wildman–Crippen MR) is 112 cm³/mol. The summed E-state index contributed by atoms with van der Waals surface area (Å²) >= 11 is 5.90. The fourth-order valence-electron chi connectivity index (χ4n) is 2.75. The number of hydrogen-bond acceptors (Lipinski definition) is 5. The van der Waals surface area contributed by atoms with E-state index in [-0.39, 0.29) is 30.5 Å². The van der Waals surface area contributed by atoms with Gasteiger partial charge in [0.15, 0.2) is 0 Å². The zero-order chi connectivity index (χ0) is 21.5. The number of aromatic nitrogens is 2. The molecule has 2 heterocycles. The normalized spacial score (nSPS) is 10.6. The third kappa shape index (κ3) is 5.64. The number of fused-ring (bicyclic) bond motifs is 1. The second-order valence-corrected chi connectivity index (χ2v) is 6.93. The Morgan fingerprint density at radius 1 is 1.23 bits per heavy atom. The van der Waals surface area contributed by atoms with E-state index >= 15 is 0 Å². The standard InChI is InChI=1S/C21H20ClFN4O3/c1-27(19(28)8-7-14-4-2-6-16(23)20(14)22)10-11-30-21(29)26-18-12-17-15(13-25-18)5-3-9-24-17/h2-6,9,12-13H,7-8,10-11H2,1H3,(H,25,26,29). The van der Waals surface area contributed by atoms with Gasteiger partial charge in [-0.15, -0.1) is 0 Å². The molecule has 1 aromatic carbocycles. The van der Waals surface area contributed by atoms with E-state index in [0.29, 0.717) is 23.3 Å². The average molecular weight is 431 g/mol. The Morgan fingerprint density at radius 3 is 2.90 bits per heavy atom. The lowest BCUT2D eigenvalue weighted by Crippen LogP contribution is -2.31. The topological polar surface area (TPSA) is 84.4 Å². The zero-order valence-electron chi connectivity index (χ0n) is 16.3. The van der Waals surface area contributed by atoms with Crippen LogP contribution in [0.5, 0.6) is 0 Å². The number of nitrogens with one attached hydrogen (secondary N) is 1. The Balaban J connectivity index is 1.41. The Bertz CT molecular complexity index is 1060. The molecule has 1 N–H and O–H groups in total. The molecule has 0 aliphatic carbocycles. The number of amides is 2. The van der Waals surface area contributed by atoms with Crippen LogP contribution in [-0.4, -0.2) is 47.1 Å². The van der Waals surface area contributed by atoms with E-state index in [9.17, 15) is 14.0 Å². The average Bonchev–Trinajstić information content (AvgIpc) is 2.74. The number of carbonyl (C=O) groups is 2. The number of anilines is 1. The maximum Gasteiger partial charge on any atom is 0.412 e. The monoisotopic (exact) mass is 430 g/mol. The lowest BCUT2D eigenvalue weighted by atomic mass is 10.1. The molecule has 30 heavy (non-hydrogen) atoms. The van der Waals surface area contributed by atoms with E-state index in [0.717, 1.165) is 5.39 Å². The van der Waals surface area contributed by atoms with Crippen molar-refractivity contribution in [1.82, 2.24) is 14.9 Å². The van der Waals surface area contributed by atoms with Crippen molar-refractivity contribution in [1.29, 1.82) is 0 Å². The summed E-state index contributed by atoms with van der Waals surface area (Å²) in [5.74, 6) is -0.352. The molecular formula is C21H20ClFN4O3. The molecule has 0 saturated carbocycles. The van der Waals surface area contributed by atoms with Crippen molar-refractivity contribution >= 4 is 40.3 Å². The first kappa shape index (κ1) is 21.4. The van der Waals surface area contributed by atoms with E-state index in [2.05, 4.69) is 15.3 Å². The molecule has 3 rings (SSSR count). The number of halogens is 2. The number of rotatable bonds is 7. The van der Waals surface area contributed by atoms with Crippen LogP contribution in [0.25, 0.3) is 10.9 Å². The molecule has 2 amide bonds. The van der Waals surface area contributed by atoms with Gasteiger partial charge in [0.25, 0.3) is 0 Å². The van der Waals surface area contributed by atoms with Gasteiger partial charge < -0.3 is 9.64 Å². The number of nitrogens with zero attached hydrogens (tertiary/aromatic N) is 3. The Kier molecular flexibility index (Phi) is 7.13. The highest BCUT2D eigenvalue weighted by molar-refractivity contribution is 6.31. The number of ether oxygens (including phenoxy) is 1. The Morgan fingerprint density at radius 2 is 2.07 bits per heavy atom. The number of pyridine rings is 2. The first-order chi connectivity index (χ1) is 14.4. The molecular weight excluding hydrogens is 411 g/mol. The van der Waals surface area contributed by atoms with Gasteiger partial charge >= 0.3 is 6.09 Å². The van der Waals surface area contributed by atoms with Gasteiger partial charge in [0.2, 0.25) is 5.91 Å². The maximum atomic E-state index is 13.4. The zero-order valence-corrected chi connectivity index (χ0v) is 17.0. The van der Waals surface area contributed by atoms with Crippen LogP contribution in [0.1, 0.15) is 12.0 Å². The summed E-state index contributed by atoms with van der Waals surface area (Å²) in [6.07, 6.45) is 3.07. The highest BCUT2D eigenvalue weighted by Crippen LogP contribution is 2.21. The molecule has 0 atom stereocenters. The van der Waals surface area contributed by atoms with Crippen molar-refractivity contribution in [3.05, 3.63) is 65.2 Å². The van der Waals surface area contributed by atoms with Crippen molar-refractivity contribution in [3.8, 4) is 0 Å². The molecule has 7 nitrogen and oxygen atoms in total. The van der Waals surface area contributed by atoms with Crippen LogP contribution in [0.4, 0.5) is 15.0 Å². The Labute approximate surface area is 177 Å². The number of likely N-dealkylation sites (N-methyl/N-ethyl adjacent to an activating group) is 1. The minimum atomic E-state index is -0.676. The summed E-state index contributed by atoms with van der Waals surface area (Å²) in [6, 6.07) is 9.82. The van der Waals surface area contributed by atoms with E-state index in [1.54, 1.807) is 43.7 Å². The highest BCUT2D eigenvalue weighted by Gasteiger charge is 2.13. The highest BCUT2D eigenvalue weighted by atomic mass is 35.5. The van der Waals surface area contributed by atoms with Crippen LogP contribution >= 0.6 is 11.6 Å². The van der Waals surface area contributed by atoms with Crippen molar-refractivity contribution < 1.29 is 18.7 Å². The minimum Gasteiger partial charge on any atom is -0.447 e. The summed E-state index contributed by atoms with van der Waals surface area (Å²) in [4.78, 5) is 33.9. The van der Waals surface area contributed by atoms with Crippen molar-refractivity contribution in [2.24, 2.45) is 0 Å². The van der Waals surface area contributed by atoms with Gasteiger partial charge in [0, 0.05) is 37.3 Å². The van der Waals surface area contributed by atoms with Crippen LogP contribution in [0.15, 0.2) is 48.8 Å². The third-order valence-corrected chi connectivity index (χ3v) is 4.87. The maximum absolute atomic E-state index is 13.4. The van der Waals surface area contributed by atoms with Crippen molar-refractivity contribution in [2.45, 2.75) is 12.8 Å². The third-order valence-electron chi connectivity index (χ3n) is 4.44. The molecule has 2 aromatic heterocycles. The van der Waals surface area contributed by atoms with Gasteiger partial charge in [-0.3, -0.25) is 15.1 Å². The Hall–Kier alpha value is -3.26. The smallest absolute Gasteiger partial charge is 0.412 e. The first-order valence-corrected chi connectivity index (χ1v) is 9.63. The fourth-order valence-corrected chi connectivity index (χ4v) is 2.97. The summed E-state index contributed by atoms with van der Waals surface area (Å²) in [7, 11) is 1.60. The van der Waals surface area contributed by atoms with Crippen molar-refractivity contribution in [3.63, 3.8) is 0 Å². The summed E-state index contributed by atoms with van der Waals surface area (Å²) in [5.41, 5.74) is 1.28. The first-order valence-electron chi connectivity index (χ1n) is 9.25. The second-order valence-electron chi connectivity index (χ2n) is 6.55. The molecule has 0 spiro atoms. The van der Waals surface area contributed by atoms with Crippen LogP contribution in [0, 0.1) is 5.82 Å². The number of carbonyl (C=O) groups excluding carboxylic acids is 2. The van der Waals surface area contributed by atoms with Gasteiger partial charge in [-0.1, -0.05) is 23.7 Å². The quantitative estimate of drug-likeness (QED) is 0.611. The molecule has 0 fully saturated rings. The second kappa shape index (κ2) is 9.98. The van der Waals surface area contributed by atoms with Gasteiger partial charge in [0.1, 0.15) is 18.2 Å². The molecule has 0 aliphatic rings. The predicted octanol–water partition coefficient (Wildman–Crippen LogP) is 4.06. The van der Waals surface area contributed by atoms with Crippen LogP contribution in [0.3, 0.4) is 0 Å². The van der Waals surface area contributed by atoms with Crippen LogP contribution < -0.4 is 5.32 Å². The van der Waals surface area contributed by atoms with Crippen LogP contribution in [0.2, 0.25) is 5.02 Å². The molecule has 9 heteroatoms. The molecule has 0 bridgehead atoms. The summed E-state index contributed by atoms with van der Waals surface area (Å²) < 4.78 is 18.5. The molecule has 0 aliphatic heterocycles. The summed E-state index contributed by atoms with van der Waals surface area (Å²) in [5, 5.41) is 3.42. The molecule has 0 radical (unpaired) electrons. The summed E-state index contributed by atoms with van der Waals surface area (Å²) in [6.45, 7) is 0.233. The number of aryl methyl sites for hydroxylation is 1. The van der Waals surface area contributed by atoms with Crippen LogP contribution in [-0.2, 0) is 16.0 Å². The lowest BCUT2D eigenvalue weighted by Gasteiger charge is -2.17. The SMILES string of the molecule is CN(CCOC(=O)Nc1cc2ncccc2cn1)C(=O)CCc1cccc(F)c1Cl. The van der Waals surface area contributed by atoms with Gasteiger partial charge in [-0.05, 0) is 30.2 Å². The van der Waals surface area contributed by atoms with E-state index < -0.39 is 11.9 Å². The minimum absolute atomic E-state index is 0.0145. The van der Waals surface area contributed by atoms with Gasteiger partial charge in [-0.25, -0.2) is 14.2 Å². The van der Waals surface area contributed by atoms with Crippen molar-refractivity contribution in [2.75, 3.05) is 25.5 Å². The fraction of sp³-hybridized carbons (Fsp3) is 0.238. The largest absolute Gasteiger partial charge is 0.447 e. The van der Waals surface area contributed by atoms with Gasteiger partial charge in [-0.2, -0.15) is 0 Å². The van der Waals surface area contributed by atoms with E-state index in [1.807, 2.05) is 6.07 Å². The van der Waals surface area contributed by atoms with E-state index in [4.69, 9.17) is 16.3 Å². The molecule has 3 aromatic rings.